The quantitative estimate of drug-likeness (QED) is 0.914. The van der Waals surface area contributed by atoms with Gasteiger partial charge in [-0.05, 0) is 62.5 Å². The van der Waals surface area contributed by atoms with Gasteiger partial charge in [0.25, 0.3) is 0 Å². The van der Waals surface area contributed by atoms with Crippen molar-refractivity contribution in [3.8, 4) is 0 Å². The highest BCUT2D eigenvalue weighted by Crippen LogP contribution is 2.45. The molecule has 0 aromatic heterocycles. The van der Waals surface area contributed by atoms with Gasteiger partial charge in [0.15, 0.2) is 0 Å². The predicted molar refractivity (Wildman–Crippen MR) is 101 cm³/mol. The molecule has 0 radical (unpaired) electrons. The van der Waals surface area contributed by atoms with Gasteiger partial charge in [-0.15, -0.1) is 0 Å². The zero-order valence-corrected chi connectivity index (χ0v) is 15.0. The fourth-order valence-corrected chi connectivity index (χ4v) is 5.46. The molecule has 25 heavy (non-hydrogen) atoms. The number of fused-ring (bicyclic) bond motifs is 1. The molecule has 0 bridgehead atoms. The van der Waals surface area contributed by atoms with Crippen LogP contribution in [0, 0.1) is 5.92 Å². The molecule has 1 fully saturated rings. The fraction of sp³-hybridized carbons (Fsp3) is 0.368. The highest BCUT2D eigenvalue weighted by atomic mass is 32.2. The summed E-state index contributed by atoms with van der Waals surface area (Å²) < 4.78 is 29.6. The Balaban J connectivity index is 1.65. The topological polar surface area (TPSA) is 52.7 Å². The Morgan fingerprint density at radius 1 is 0.920 bits per heavy atom. The average molecular weight is 357 g/mol. The van der Waals surface area contributed by atoms with Crippen molar-refractivity contribution in [2.45, 2.75) is 19.3 Å². The monoisotopic (exact) mass is 357 g/mol. The van der Waals surface area contributed by atoms with Crippen molar-refractivity contribution in [2.75, 3.05) is 28.2 Å². The molecule has 1 saturated heterocycles. The van der Waals surface area contributed by atoms with Crippen LogP contribution in [-0.4, -0.2) is 28.1 Å². The summed E-state index contributed by atoms with van der Waals surface area (Å²) in [6, 6.07) is 16.9. The number of benzene rings is 2. The number of piperidine rings is 1. The minimum Gasteiger partial charge on any atom is -0.317 e. The Kier molecular flexibility index (Phi) is 4.39. The predicted octanol–water partition coefficient (Wildman–Crippen LogP) is 3.28. The van der Waals surface area contributed by atoms with Crippen molar-refractivity contribution in [2.24, 2.45) is 5.92 Å². The van der Waals surface area contributed by atoms with E-state index >= 15 is 0 Å². The average Bonchev–Trinajstić information content (AvgIpc) is 2.87. The number of hydrogen-bond acceptors (Lipinski definition) is 3. The second-order valence-electron chi connectivity index (χ2n) is 6.65. The summed E-state index contributed by atoms with van der Waals surface area (Å²) in [5.41, 5.74) is 2.19. The van der Waals surface area contributed by atoms with Crippen LogP contribution in [0.4, 0.5) is 17.1 Å². The van der Waals surface area contributed by atoms with E-state index in [1.54, 1.807) is 4.31 Å². The van der Waals surface area contributed by atoms with Crippen molar-refractivity contribution in [3.63, 3.8) is 0 Å². The molecule has 2 heterocycles. The van der Waals surface area contributed by atoms with Gasteiger partial charge in [0.2, 0.25) is 0 Å². The van der Waals surface area contributed by atoms with Crippen molar-refractivity contribution in [3.05, 3.63) is 54.6 Å². The molecule has 0 spiro atoms. The number of nitrogens with zero attached hydrogens (tertiary/aromatic N) is 2. The smallest absolute Gasteiger partial charge is 0.317 e. The van der Waals surface area contributed by atoms with Crippen LogP contribution < -0.4 is 13.9 Å². The van der Waals surface area contributed by atoms with E-state index in [4.69, 9.17) is 0 Å². The van der Waals surface area contributed by atoms with Gasteiger partial charge in [0, 0.05) is 6.54 Å². The van der Waals surface area contributed by atoms with Gasteiger partial charge in [-0.25, -0.2) is 4.31 Å². The van der Waals surface area contributed by atoms with Crippen molar-refractivity contribution in [1.82, 2.24) is 5.32 Å². The van der Waals surface area contributed by atoms with Gasteiger partial charge in [0.05, 0.1) is 17.1 Å². The third-order valence-electron chi connectivity index (χ3n) is 5.07. The summed E-state index contributed by atoms with van der Waals surface area (Å²) in [7, 11) is -3.59. The first-order chi connectivity index (χ1) is 12.2. The molecule has 0 amide bonds. The lowest BCUT2D eigenvalue weighted by Gasteiger charge is -2.26. The van der Waals surface area contributed by atoms with E-state index in [-0.39, 0.29) is 0 Å². The second kappa shape index (κ2) is 6.69. The molecule has 2 aromatic rings. The SMILES string of the molecule is O=S1(=O)N(CCC2CCNCC2)c2ccccc2N1c1ccccc1. The highest BCUT2D eigenvalue weighted by Gasteiger charge is 2.41. The molecule has 2 aliphatic heterocycles. The van der Waals surface area contributed by atoms with Gasteiger partial charge in [0.1, 0.15) is 0 Å². The summed E-state index contributed by atoms with van der Waals surface area (Å²) in [5, 5.41) is 3.36. The summed E-state index contributed by atoms with van der Waals surface area (Å²) in [5.74, 6) is 0.592. The maximum Gasteiger partial charge on any atom is 0.330 e. The van der Waals surface area contributed by atoms with Crippen LogP contribution >= 0.6 is 0 Å². The van der Waals surface area contributed by atoms with Crippen molar-refractivity contribution >= 4 is 27.3 Å². The lowest BCUT2D eigenvalue weighted by atomic mass is 9.95. The Hall–Kier alpha value is -2.05. The molecule has 0 saturated carbocycles. The molecule has 5 nitrogen and oxygen atoms in total. The summed E-state index contributed by atoms with van der Waals surface area (Å²) in [6.45, 7) is 2.60. The first kappa shape index (κ1) is 16.4. The zero-order valence-electron chi connectivity index (χ0n) is 14.1. The zero-order chi connectivity index (χ0) is 17.3. The lowest BCUT2D eigenvalue weighted by molar-refractivity contribution is 0.358. The van der Waals surface area contributed by atoms with E-state index in [0.717, 1.165) is 43.7 Å². The maximum atomic E-state index is 13.3. The fourth-order valence-electron chi connectivity index (χ4n) is 3.74. The molecule has 132 valence electrons. The number of nitrogens with one attached hydrogen (secondary N) is 1. The van der Waals surface area contributed by atoms with Crippen LogP contribution in [0.5, 0.6) is 0 Å². The third kappa shape index (κ3) is 3.00. The van der Waals surface area contributed by atoms with Gasteiger partial charge in [-0.2, -0.15) is 8.42 Å². The van der Waals surface area contributed by atoms with E-state index in [1.807, 2.05) is 54.6 Å². The Bertz CT molecular complexity index is 833. The van der Waals surface area contributed by atoms with Crippen LogP contribution in [0.1, 0.15) is 19.3 Å². The number of hydrogen-bond donors (Lipinski definition) is 1. The summed E-state index contributed by atoms with van der Waals surface area (Å²) in [4.78, 5) is 0. The van der Waals surface area contributed by atoms with E-state index in [1.165, 1.54) is 4.31 Å². The normalized spacial score (nSPS) is 19.8. The molecule has 0 unspecified atom stereocenters. The standard InChI is InChI=1S/C19H23N3O2S/c23-25(24)21(15-12-16-10-13-20-14-11-16)18-8-4-5-9-19(18)22(25)17-6-2-1-3-7-17/h1-9,16,20H,10-15H2. The maximum absolute atomic E-state index is 13.3. The van der Waals surface area contributed by atoms with Gasteiger partial charge in [-0.1, -0.05) is 30.3 Å². The van der Waals surface area contributed by atoms with Crippen LogP contribution in [0.3, 0.4) is 0 Å². The molecular formula is C19H23N3O2S. The van der Waals surface area contributed by atoms with Crippen LogP contribution in [0.2, 0.25) is 0 Å². The first-order valence-electron chi connectivity index (χ1n) is 8.86. The van der Waals surface area contributed by atoms with Crippen LogP contribution in [0.15, 0.2) is 54.6 Å². The molecule has 0 aliphatic carbocycles. The molecule has 4 rings (SSSR count). The molecule has 2 aliphatic rings. The molecule has 6 heteroatoms. The van der Waals surface area contributed by atoms with E-state index in [9.17, 15) is 8.42 Å². The van der Waals surface area contributed by atoms with E-state index in [2.05, 4.69) is 5.32 Å². The Morgan fingerprint density at radius 3 is 2.28 bits per heavy atom. The second-order valence-corrected chi connectivity index (χ2v) is 8.35. The van der Waals surface area contributed by atoms with E-state index in [0.29, 0.717) is 18.2 Å². The van der Waals surface area contributed by atoms with Crippen molar-refractivity contribution in [1.29, 1.82) is 0 Å². The largest absolute Gasteiger partial charge is 0.330 e. The van der Waals surface area contributed by atoms with Crippen LogP contribution in [-0.2, 0) is 10.2 Å². The van der Waals surface area contributed by atoms with Gasteiger partial charge in [-0.3, -0.25) is 4.31 Å². The molecular weight excluding hydrogens is 334 g/mol. The lowest BCUT2D eigenvalue weighted by Crippen LogP contribution is -2.37. The van der Waals surface area contributed by atoms with Crippen molar-refractivity contribution < 1.29 is 8.42 Å². The summed E-state index contributed by atoms with van der Waals surface area (Å²) in [6.07, 6.45) is 3.15. The Labute approximate surface area is 149 Å². The minimum atomic E-state index is -3.59. The highest BCUT2D eigenvalue weighted by molar-refractivity contribution is 7.95. The number of rotatable bonds is 4. The van der Waals surface area contributed by atoms with Gasteiger partial charge >= 0.3 is 10.2 Å². The number of para-hydroxylation sites is 3. The van der Waals surface area contributed by atoms with Gasteiger partial charge < -0.3 is 5.32 Å². The van der Waals surface area contributed by atoms with Crippen LogP contribution in [0.25, 0.3) is 0 Å². The Morgan fingerprint density at radius 2 is 1.56 bits per heavy atom. The molecule has 0 atom stereocenters. The van der Waals surface area contributed by atoms with E-state index < -0.39 is 10.2 Å². The molecule has 1 N–H and O–H groups in total. The first-order valence-corrected chi connectivity index (χ1v) is 10.3. The minimum absolute atomic E-state index is 0.535. The third-order valence-corrected chi connectivity index (χ3v) is 6.87. The number of anilines is 3. The summed E-state index contributed by atoms with van der Waals surface area (Å²) >= 11 is 0. The molecule has 2 aromatic carbocycles.